The van der Waals surface area contributed by atoms with Gasteiger partial charge in [-0.2, -0.15) is 0 Å². The van der Waals surface area contributed by atoms with Gasteiger partial charge in [0, 0.05) is 116 Å². The van der Waals surface area contributed by atoms with Crippen molar-refractivity contribution in [2.75, 3.05) is 116 Å². The lowest BCUT2D eigenvalue weighted by atomic mass is 10.4. The summed E-state index contributed by atoms with van der Waals surface area (Å²) in [6.07, 6.45) is -11.6. The molecule has 410 valence electrons. The molecule has 0 aromatic carbocycles. The molecule has 47 heteroatoms. The predicted octanol–water partition coefficient (Wildman–Crippen LogP) is -10.8. The molecule has 0 unspecified atom stereocenters. The van der Waals surface area contributed by atoms with E-state index in [1.54, 1.807) is 0 Å². The van der Waals surface area contributed by atoms with E-state index >= 15 is 0 Å². The van der Waals surface area contributed by atoms with Crippen molar-refractivity contribution >= 4 is 60.8 Å². The molecular formula is C18H72N15O24P8-7. The second kappa shape index (κ2) is 36.5. The summed E-state index contributed by atoms with van der Waals surface area (Å²) in [6, 6.07) is 0. The van der Waals surface area contributed by atoms with E-state index in [-0.39, 0.29) is 55.4 Å². The fraction of sp³-hybridized carbons (Fsp3) is 1.00. The Kier molecular flexibility index (Phi) is 49.7. The van der Waals surface area contributed by atoms with Gasteiger partial charge in [0.15, 0.2) is 0 Å². The topological polar surface area (TPSA) is 853 Å². The molecule has 0 aliphatic heterocycles. The highest BCUT2D eigenvalue weighted by Crippen LogP contribution is 2.33. The Balaban J connectivity index is -0.000000420. The van der Waals surface area contributed by atoms with Crippen LogP contribution in [0.5, 0.6) is 0 Å². The van der Waals surface area contributed by atoms with E-state index in [2.05, 4.69) is 0 Å². The summed E-state index contributed by atoms with van der Waals surface area (Å²) in [5.74, 6) is 0. The van der Waals surface area contributed by atoms with Gasteiger partial charge in [0.1, 0.15) is 0 Å². The molecule has 0 saturated carbocycles. The summed E-state index contributed by atoms with van der Waals surface area (Å²) < 4.78 is 91.0. The van der Waals surface area contributed by atoms with Crippen LogP contribution in [0.25, 0.3) is 0 Å². The number of nitrogens with zero attached hydrogens (tertiary/aromatic N) is 6. The van der Waals surface area contributed by atoms with Gasteiger partial charge >= 0.3 is 0 Å². The Bertz CT molecular complexity index is 1450. The molecule has 0 aromatic rings. The summed E-state index contributed by atoms with van der Waals surface area (Å²) in [6.45, 7) is -7.35. The SMILES string of the molecule is O=P([O-])([O-])CN(CCN(CCN(CCN(CP(=O)([O-])[O-])CP(=O)([O-])[O-])CP(=O)([O-])[O-])CP(=O)([O-])[O-])CCN(CCN(CP(=O)([O-])[O-])CP(=O)([O-])[O-])CP(=O)([O-])[O-].[NH4+].[NH4+].[NH4+].[NH4+].[NH4+].[NH4+].[NH4+].[NH4+].[NH4+]. The van der Waals surface area contributed by atoms with Crippen molar-refractivity contribution in [2.45, 2.75) is 0 Å². The largest absolute Gasteiger partial charge is 0.810 e. The van der Waals surface area contributed by atoms with E-state index in [4.69, 9.17) is 0 Å². The predicted molar refractivity (Wildman–Crippen MR) is 213 cm³/mol. The number of hydrogen-bond donors (Lipinski definition) is 9. The maximum atomic E-state index is 11.6. The van der Waals surface area contributed by atoms with Gasteiger partial charge in [0.2, 0.25) is 0 Å². The normalized spacial score (nSPS) is 12.7. The fourth-order valence-electron chi connectivity index (χ4n) is 4.76. The van der Waals surface area contributed by atoms with Crippen molar-refractivity contribution in [1.82, 2.24) is 84.8 Å². The van der Waals surface area contributed by atoms with E-state index in [1.807, 2.05) is 0 Å². The zero-order chi connectivity index (χ0) is 44.2. The average Bonchev–Trinajstić information content (AvgIpc) is 2.87. The van der Waals surface area contributed by atoms with Crippen LogP contribution in [0.1, 0.15) is 0 Å². The molecule has 65 heavy (non-hydrogen) atoms. The van der Waals surface area contributed by atoms with Gasteiger partial charge in [-0.15, -0.1) is 0 Å². The maximum absolute atomic E-state index is 11.6. The van der Waals surface area contributed by atoms with Crippen LogP contribution in [0, 0.1) is 0 Å². The smallest absolute Gasteiger partial charge is 0.0264 e. The summed E-state index contributed by atoms with van der Waals surface area (Å²) in [4.78, 5) is 185. The molecule has 0 spiro atoms. The second-order valence-electron chi connectivity index (χ2n) is 12.3. The van der Waals surface area contributed by atoms with E-state index in [0.29, 0.717) is 19.6 Å². The summed E-state index contributed by atoms with van der Waals surface area (Å²) in [7, 11) is -44.1. The highest BCUT2D eigenvalue weighted by Gasteiger charge is 2.19. The molecule has 0 radical (unpaired) electrons. The van der Waals surface area contributed by atoms with Gasteiger partial charge in [0.25, 0.3) is 0 Å². The minimum atomic E-state index is -5.52. The first-order valence-electron chi connectivity index (χ1n) is 15.1. The molecule has 0 atom stereocenters. The molecule has 0 fully saturated rings. The average molecular weight is 1130 g/mol. The highest BCUT2D eigenvalue weighted by molar-refractivity contribution is 7.50. The molecule has 0 aliphatic carbocycles. The Labute approximate surface area is 375 Å². The first-order valence-corrected chi connectivity index (χ1v) is 28.9. The minimum Gasteiger partial charge on any atom is -0.810 e. The Morgan fingerprint density at radius 3 is 0.354 bits per heavy atom. The molecule has 0 saturated heterocycles. The van der Waals surface area contributed by atoms with Gasteiger partial charge in [0.05, 0.1) is 0 Å². The van der Waals surface area contributed by atoms with Gasteiger partial charge in [-0.25, -0.2) is 0 Å². The van der Waals surface area contributed by atoms with E-state index in [1.165, 1.54) is 0 Å². The molecule has 39 nitrogen and oxygen atoms in total. The van der Waals surface area contributed by atoms with Crippen molar-refractivity contribution in [3.8, 4) is 0 Å². The van der Waals surface area contributed by atoms with Crippen LogP contribution in [-0.2, 0) is 36.5 Å². The summed E-state index contributed by atoms with van der Waals surface area (Å²) in [5, 5.41) is 0. The minimum absolute atomic E-state index is 0. The number of quaternary nitrogens is 9. The molecule has 0 heterocycles. The van der Waals surface area contributed by atoms with Crippen LogP contribution in [0.2, 0.25) is 0 Å². The number of rotatable bonds is 31. The van der Waals surface area contributed by atoms with Crippen molar-refractivity contribution in [1.29, 1.82) is 0 Å². The lowest BCUT2D eigenvalue weighted by Gasteiger charge is -2.43. The first kappa shape index (κ1) is 88.6. The second-order valence-corrected chi connectivity index (χ2v) is 24.3. The zero-order valence-corrected chi connectivity index (χ0v) is 44.9. The van der Waals surface area contributed by atoms with Gasteiger partial charge in [-0.05, 0) is 0 Å². The van der Waals surface area contributed by atoms with Crippen LogP contribution < -0.4 is 134 Å². The molecule has 0 aliphatic rings. The molecule has 0 rings (SSSR count). The molecule has 36 N–H and O–H groups in total. The van der Waals surface area contributed by atoms with E-state index < -0.39 is 177 Å². The Hall–Kier alpha value is 0.600. The zero-order valence-electron chi connectivity index (χ0n) is 37.8. The van der Waals surface area contributed by atoms with Crippen LogP contribution in [0.15, 0.2) is 0 Å². The lowest BCUT2D eigenvalue weighted by molar-refractivity contribution is -0.321. The Morgan fingerprint density at radius 2 is 0.262 bits per heavy atom. The highest BCUT2D eigenvalue weighted by atomic mass is 31.2. The molecule has 0 amide bonds. The van der Waals surface area contributed by atoms with Crippen molar-refractivity contribution in [2.24, 2.45) is 0 Å². The molecule has 0 bridgehead atoms. The van der Waals surface area contributed by atoms with Gasteiger partial charge in [-0.3, -0.25) is 29.4 Å². The number of hydrogen-bond acceptors (Lipinski definition) is 30. The van der Waals surface area contributed by atoms with Crippen molar-refractivity contribution in [3.63, 3.8) is 0 Å². The van der Waals surface area contributed by atoms with Crippen molar-refractivity contribution < 1.29 is 115 Å². The van der Waals surface area contributed by atoms with E-state index in [0.717, 1.165) is 9.80 Å². The van der Waals surface area contributed by atoms with Crippen LogP contribution in [0.4, 0.5) is 0 Å². The molecule has 0 aromatic heterocycles. The van der Waals surface area contributed by atoms with Gasteiger partial charge < -0.3 is 170 Å². The lowest BCUT2D eigenvalue weighted by Crippen LogP contribution is -2.47. The van der Waals surface area contributed by atoms with Crippen LogP contribution in [0.3, 0.4) is 0 Å². The third-order valence-corrected chi connectivity index (χ3v) is 12.6. The standard InChI is InChI=1S/C18H52N6O24P8.9H3N/c25-49(26,27)11-19(3-5-21(13-51(31,32)33)7-9-23(15-53(37,38)39)16-54(40,41)42)1-2-20(12-50(28,29)30)4-6-22(14-52(34,35)36)8-10-24(17-55(43,44)45)18-56(46,47)48;;;;;;;;;/h1-18H2,(H2,25,26,27)(H2,28,29,30)(H2,31,32,33)(H2,34,35,36)(H2,37,38,39)(H2,40,41,42)(H2,43,44,45)(H2,46,47,48);9*1H3/p-7. The quantitative estimate of drug-likeness (QED) is 0.0291. The summed E-state index contributed by atoms with van der Waals surface area (Å²) in [5.41, 5.74) is 0. The van der Waals surface area contributed by atoms with E-state index in [9.17, 15) is 115 Å². The monoisotopic (exact) mass is 1130 g/mol. The third kappa shape index (κ3) is 58.8. The maximum Gasteiger partial charge on any atom is 0.0264 e. The van der Waals surface area contributed by atoms with Crippen molar-refractivity contribution in [3.05, 3.63) is 0 Å². The van der Waals surface area contributed by atoms with Crippen LogP contribution in [-0.4, -0.2) is 145 Å². The van der Waals surface area contributed by atoms with Crippen LogP contribution >= 0.6 is 60.8 Å². The summed E-state index contributed by atoms with van der Waals surface area (Å²) >= 11 is 0. The fourth-order valence-corrected chi connectivity index (χ4v) is 11.1. The molecular weight excluding hydrogens is 1060 g/mol. The van der Waals surface area contributed by atoms with Gasteiger partial charge in [-0.1, -0.05) is 60.8 Å². The Morgan fingerprint density at radius 1 is 0.185 bits per heavy atom. The first-order chi connectivity index (χ1) is 24.7. The third-order valence-electron chi connectivity index (χ3n) is 6.65.